The highest BCUT2D eigenvalue weighted by Crippen LogP contribution is 1.94. The van der Waals surface area contributed by atoms with Crippen LogP contribution in [0.5, 0.6) is 0 Å². The van der Waals surface area contributed by atoms with Crippen LogP contribution in [-0.4, -0.2) is 35.8 Å². The van der Waals surface area contributed by atoms with E-state index in [4.69, 9.17) is 15.2 Å². The lowest BCUT2D eigenvalue weighted by molar-refractivity contribution is -0.139. The van der Waals surface area contributed by atoms with E-state index in [9.17, 15) is 4.79 Å². The van der Waals surface area contributed by atoms with Crippen LogP contribution < -0.4 is 5.73 Å². The Kier molecular flexibility index (Phi) is 5.07. The molecule has 1 aromatic heterocycles. The SMILES string of the molecule is COCCOC(=O)C=C(N)Cn1ccnc1. The van der Waals surface area contributed by atoms with Crippen LogP contribution in [0.4, 0.5) is 0 Å². The summed E-state index contributed by atoms with van der Waals surface area (Å²) in [5, 5.41) is 0. The van der Waals surface area contributed by atoms with Gasteiger partial charge in [-0.1, -0.05) is 0 Å². The molecule has 1 aromatic rings. The van der Waals surface area contributed by atoms with Crippen molar-refractivity contribution in [3.8, 4) is 0 Å². The van der Waals surface area contributed by atoms with Gasteiger partial charge in [0, 0.05) is 31.3 Å². The number of carbonyl (C=O) groups excluding carboxylic acids is 1. The van der Waals surface area contributed by atoms with Crippen LogP contribution in [0.2, 0.25) is 0 Å². The first-order valence-corrected chi connectivity index (χ1v) is 4.80. The van der Waals surface area contributed by atoms with Gasteiger partial charge in [-0.3, -0.25) is 0 Å². The number of rotatable bonds is 6. The number of allylic oxidation sites excluding steroid dienone is 1. The summed E-state index contributed by atoms with van der Waals surface area (Å²) >= 11 is 0. The summed E-state index contributed by atoms with van der Waals surface area (Å²) in [5.74, 6) is -0.463. The zero-order valence-corrected chi connectivity index (χ0v) is 9.13. The third-order valence-electron chi connectivity index (χ3n) is 1.76. The smallest absolute Gasteiger partial charge is 0.332 e. The third-order valence-corrected chi connectivity index (χ3v) is 1.76. The van der Waals surface area contributed by atoms with E-state index < -0.39 is 5.97 Å². The van der Waals surface area contributed by atoms with Crippen molar-refractivity contribution in [2.45, 2.75) is 6.54 Å². The number of hydrogen-bond donors (Lipinski definition) is 1. The molecule has 0 radical (unpaired) electrons. The van der Waals surface area contributed by atoms with Gasteiger partial charge in [0.05, 0.1) is 19.5 Å². The molecule has 16 heavy (non-hydrogen) atoms. The molecule has 1 heterocycles. The maximum absolute atomic E-state index is 11.2. The fourth-order valence-corrected chi connectivity index (χ4v) is 1.06. The lowest BCUT2D eigenvalue weighted by Crippen LogP contribution is -2.12. The van der Waals surface area contributed by atoms with Crippen LogP contribution in [0.3, 0.4) is 0 Å². The monoisotopic (exact) mass is 225 g/mol. The summed E-state index contributed by atoms with van der Waals surface area (Å²) in [5.41, 5.74) is 6.07. The molecule has 6 heteroatoms. The number of methoxy groups -OCH3 is 1. The lowest BCUT2D eigenvalue weighted by atomic mass is 10.4. The molecule has 0 saturated heterocycles. The molecule has 0 aliphatic carbocycles. The molecule has 0 spiro atoms. The van der Waals surface area contributed by atoms with Crippen molar-refractivity contribution in [1.29, 1.82) is 0 Å². The molecule has 0 aliphatic rings. The van der Waals surface area contributed by atoms with Gasteiger partial charge < -0.3 is 19.8 Å². The molecule has 0 aromatic carbocycles. The highest BCUT2D eigenvalue weighted by Gasteiger charge is 2.00. The van der Waals surface area contributed by atoms with Crippen molar-refractivity contribution < 1.29 is 14.3 Å². The topological polar surface area (TPSA) is 79.4 Å². The third kappa shape index (κ3) is 4.61. The van der Waals surface area contributed by atoms with Crippen molar-refractivity contribution in [3.63, 3.8) is 0 Å². The van der Waals surface area contributed by atoms with E-state index in [1.807, 2.05) is 0 Å². The van der Waals surface area contributed by atoms with Crippen molar-refractivity contribution >= 4 is 5.97 Å². The number of esters is 1. The highest BCUT2D eigenvalue weighted by molar-refractivity contribution is 5.82. The molecule has 0 fully saturated rings. The molecule has 6 nitrogen and oxygen atoms in total. The standard InChI is InChI=1S/C10H15N3O3/c1-15-4-5-16-10(14)6-9(11)7-13-3-2-12-8-13/h2-3,6,8H,4-5,7,11H2,1H3. The van der Waals surface area contributed by atoms with Gasteiger partial charge in [-0.2, -0.15) is 0 Å². The second-order valence-corrected chi connectivity index (χ2v) is 3.11. The van der Waals surface area contributed by atoms with Gasteiger partial charge in [0.1, 0.15) is 6.61 Å². The Hall–Kier alpha value is -1.82. The molecule has 2 N–H and O–H groups in total. The Labute approximate surface area is 93.7 Å². The molecule has 0 saturated carbocycles. The van der Waals surface area contributed by atoms with Gasteiger partial charge in [0.2, 0.25) is 0 Å². The summed E-state index contributed by atoms with van der Waals surface area (Å²) in [6, 6.07) is 0. The van der Waals surface area contributed by atoms with Crippen LogP contribution in [-0.2, 0) is 20.8 Å². The molecule has 0 atom stereocenters. The molecule has 0 amide bonds. The zero-order chi connectivity index (χ0) is 11.8. The van der Waals surface area contributed by atoms with Crippen LogP contribution >= 0.6 is 0 Å². The number of aromatic nitrogens is 2. The average molecular weight is 225 g/mol. The largest absolute Gasteiger partial charge is 0.460 e. The Morgan fingerprint density at radius 3 is 3.00 bits per heavy atom. The van der Waals surface area contributed by atoms with Gasteiger partial charge in [-0.15, -0.1) is 0 Å². The number of carbonyl (C=O) groups is 1. The van der Waals surface area contributed by atoms with Crippen LogP contribution in [0.25, 0.3) is 0 Å². The number of hydrogen-bond acceptors (Lipinski definition) is 5. The van der Waals surface area contributed by atoms with Crippen molar-refractivity contribution in [3.05, 3.63) is 30.5 Å². The molecular formula is C10H15N3O3. The highest BCUT2D eigenvalue weighted by atomic mass is 16.6. The fourth-order valence-electron chi connectivity index (χ4n) is 1.06. The number of imidazole rings is 1. The minimum atomic E-state index is -0.463. The van der Waals surface area contributed by atoms with Gasteiger partial charge in [-0.05, 0) is 0 Å². The minimum absolute atomic E-state index is 0.226. The summed E-state index contributed by atoms with van der Waals surface area (Å²) in [6.45, 7) is 1.02. The average Bonchev–Trinajstić information content (AvgIpc) is 2.70. The minimum Gasteiger partial charge on any atom is -0.460 e. The van der Waals surface area contributed by atoms with E-state index >= 15 is 0 Å². The molecule has 0 unspecified atom stereocenters. The first kappa shape index (κ1) is 12.3. The van der Waals surface area contributed by atoms with E-state index in [1.54, 1.807) is 23.3 Å². The number of nitrogens with zero attached hydrogens (tertiary/aromatic N) is 2. The number of ether oxygens (including phenoxy) is 2. The molecular weight excluding hydrogens is 210 g/mol. The molecule has 1 rings (SSSR count). The van der Waals surface area contributed by atoms with Crippen molar-refractivity contribution in [2.24, 2.45) is 5.73 Å². The Morgan fingerprint density at radius 2 is 2.38 bits per heavy atom. The second kappa shape index (κ2) is 6.62. The summed E-state index contributed by atoms with van der Waals surface area (Å²) < 4.78 is 11.3. The van der Waals surface area contributed by atoms with E-state index in [-0.39, 0.29) is 6.61 Å². The van der Waals surface area contributed by atoms with Crippen LogP contribution in [0.1, 0.15) is 0 Å². The Balaban J connectivity index is 2.34. The quantitative estimate of drug-likeness (QED) is 0.416. The fraction of sp³-hybridized carbons (Fsp3) is 0.400. The maximum Gasteiger partial charge on any atom is 0.332 e. The zero-order valence-electron chi connectivity index (χ0n) is 9.13. The maximum atomic E-state index is 11.2. The first-order valence-electron chi connectivity index (χ1n) is 4.80. The van der Waals surface area contributed by atoms with E-state index in [0.29, 0.717) is 18.8 Å². The summed E-state index contributed by atoms with van der Waals surface area (Å²) in [7, 11) is 1.54. The van der Waals surface area contributed by atoms with Crippen molar-refractivity contribution in [2.75, 3.05) is 20.3 Å². The Morgan fingerprint density at radius 1 is 1.56 bits per heavy atom. The Bertz CT molecular complexity index is 346. The van der Waals surface area contributed by atoms with E-state index in [2.05, 4.69) is 4.98 Å². The first-order chi connectivity index (χ1) is 7.72. The van der Waals surface area contributed by atoms with E-state index in [0.717, 1.165) is 0 Å². The number of nitrogens with two attached hydrogens (primary N) is 1. The van der Waals surface area contributed by atoms with Crippen LogP contribution in [0.15, 0.2) is 30.5 Å². The summed E-state index contributed by atoms with van der Waals surface area (Å²) in [6.07, 6.45) is 6.29. The predicted octanol–water partition coefficient (Wildman–Crippen LogP) is -0.0847. The lowest BCUT2D eigenvalue weighted by Gasteiger charge is -2.03. The van der Waals surface area contributed by atoms with Gasteiger partial charge in [-0.25, -0.2) is 9.78 Å². The van der Waals surface area contributed by atoms with Gasteiger partial charge in [0.25, 0.3) is 0 Å². The molecule has 0 bridgehead atoms. The van der Waals surface area contributed by atoms with Crippen molar-refractivity contribution in [1.82, 2.24) is 9.55 Å². The molecule has 88 valence electrons. The van der Waals surface area contributed by atoms with Gasteiger partial charge >= 0.3 is 5.97 Å². The normalized spacial score (nSPS) is 11.4. The predicted molar refractivity (Wildman–Crippen MR) is 57.3 cm³/mol. The molecule has 0 aliphatic heterocycles. The van der Waals surface area contributed by atoms with Gasteiger partial charge in [0.15, 0.2) is 0 Å². The summed E-state index contributed by atoms with van der Waals surface area (Å²) in [4.78, 5) is 15.1. The van der Waals surface area contributed by atoms with Crippen LogP contribution in [0, 0.1) is 0 Å². The van der Waals surface area contributed by atoms with E-state index in [1.165, 1.54) is 13.2 Å². The second-order valence-electron chi connectivity index (χ2n) is 3.11.